The van der Waals surface area contributed by atoms with Crippen LogP contribution < -0.4 is 0 Å². The van der Waals surface area contributed by atoms with Crippen molar-refractivity contribution in [3.63, 3.8) is 0 Å². The normalized spacial score (nSPS) is 28.1. The van der Waals surface area contributed by atoms with Gasteiger partial charge in [-0.1, -0.05) is 0 Å². The van der Waals surface area contributed by atoms with Gasteiger partial charge in [0, 0.05) is 19.6 Å². The second-order valence-corrected chi connectivity index (χ2v) is 6.06. The van der Waals surface area contributed by atoms with Crippen LogP contribution in [-0.2, 0) is 14.3 Å². The zero-order valence-electron chi connectivity index (χ0n) is 12.2. The summed E-state index contributed by atoms with van der Waals surface area (Å²) in [6.07, 6.45) is 1.62. The molecule has 0 unspecified atom stereocenters. The molecule has 2 aliphatic rings. The van der Waals surface area contributed by atoms with E-state index in [-0.39, 0.29) is 5.91 Å². The molecule has 6 nitrogen and oxygen atoms in total. The minimum Gasteiger partial charge on any atom is -0.479 e. The predicted molar refractivity (Wildman–Crippen MR) is 73.4 cm³/mol. The van der Waals surface area contributed by atoms with Gasteiger partial charge < -0.3 is 19.6 Å². The molecule has 0 saturated carbocycles. The number of hydrogen-bond acceptors (Lipinski definition) is 4. The van der Waals surface area contributed by atoms with Crippen LogP contribution in [-0.4, -0.2) is 72.7 Å². The third kappa shape index (κ3) is 3.70. The first-order chi connectivity index (χ1) is 9.47. The van der Waals surface area contributed by atoms with Crippen LogP contribution in [0.15, 0.2) is 0 Å². The summed E-state index contributed by atoms with van der Waals surface area (Å²) in [7, 11) is 4.13. The van der Waals surface area contributed by atoms with Crippen LogP contribution in [0.2, 0.25) is 0 Å². The lowest BCUT2D eigenvalue weighted by Crippen LogP contribution is -2.45. The first-order valence-electron chi connectivity index (χ1n) is 7.29. The molecular weight excluding hydrogens is 260 g/mol. The van der Waals surface area contributed by atoms with E-state index in [0.29, 0.717) is 18.8 Å². The summed E-state index contributed by atoms with van der Waals surface area (Å²) in [4.78, 5) is 27.1. The Labute approximate surface area is 119 Å². The molecular formula is C14H24N2O4. The van der Waals surface area contributed by atoms with Gasteiger partial charge in [0.2, 0.25) is 0 Å². The van der Waals surface area contributed by atoms with Crippen molar-refractivity contribution < 1.29 is 19.4 Å². The number of likely N-dealkylation sites (tertiary alicyclic amines) is 1. The maximum absolute atomic E-state index is 12.3. The van der Waals surface area contributed by atoms with E-state index in [9.17, 15) is 9.59 Å². The molecule has 2 rings (SSSR count). The first kappa shape index (κ1) is 15.3. The Morgan fingerprint density at radius 1 is 1.15 bits per heavy atom. The molecule has 2 saturated heterocycles. The molecule has 0 aliphatic carbocycles. The van der Waals surface area contributed by atoms with Gasteiger partial charge in [-0.15, -0.1) is 0 Å². The van der Waals surface area contributed by atoms with Crippen LogP contribution in [0, 0.1) is 5.92 Å². The number of carbonyl (C=O) groups is 2. The Hall–Kier alpha value is -1.14. The highest BCUT2D eigenvalue weighted by molar-refractivity contribution is 5.82. The van der Waals surface area contributed by atoms with Crippen LogP contribution in [0.4, 0.5) is 0 Å². The molecule has 6 heteroatoms. The van der Waals surface area contributed by atoms with E-state index in [2.05, 4.69) is 19.0 Å². The Morgan fingerprint density at radius 3 is 2.25 bits per heavy atom. The average molecular weight is 284 g/mol. The van der Waals surface area contributed by atoms with Crippen molar-refractivity contribution in [3.05, 3.63) is 0 Å². The topological polar surface area (TPSA) is 70.1 Å². The van der Waals surface area contributed by atoms with E-state index in [0.717, 1.165) is 32.5 Å². The lowest BCUT2D eigenvalue weighted by atomic mass is 9.96. The summed E-state index contributed by atoms with van der Waals surface area (Å²) in [5, 5.41) is 8.89. The highest BCUT2D eigenvalue weighted by Crippen LogP contribution is 2.24. The van der Waals surface area contributed by atoms with E-state index in [4.69, 9.17) is 9.84 Å². The highest BCUT2D eigenvalue weighted by atomic mass is 16.5. The minimum atomic E-state index is -0.968. The third-order valence-electron chi connectivity index (χ3n) is 4.12. The van der Waals surface area contributed by atoms with Crippen molar-refractivity contribution in [2.75, 3.05) is 33.7 Å². The highest BCUT2D eigenvalue weighted by Gasteiger charge is 2.37. The number of carboxylic acids is 1. The van der Waals surface area contributed by atoms with Crippen LogP contribution in [0.5, 0.6) is 0 Å². The van der Waals surface area contributed by atoms with Gasteiger partial charge in [0.15, 0.2) is 6.10 Å². The van der Waals surface area contributed by atoms with E-state index >= 15 is 0 Å². The Kier molecular flexibility index (Phi) is 4.99. The number of aliphatic carboxylic acids is 1. The first-order valence-corrected chi connectivity index (χ1v) is 7.29. The summed E-state index contributed by atoms with van der Waals surface area (Å²) in [6.45, 7) is 2.58. The van der Waals surface area contributed by atoms with Crippen molar-refractivity contribution in [3.8, 4) is 0 Å². The maximum Gasteiger partial charge on any atom is 0.332 e. The summed E-state index contributed by atoms with van der Waals surface area (Å²) in [5.41, 5.74) is 0. The number of amides is 1. The molecule has 0 aromatic rings. The number of hydrogen-bond donors (Lipinski definition) is 1. The van der Waals surface area contributed by atoms with E-state index in [1.165, 1.54) is 0 Å². The van der Waals surface area contributed by atoms with Crippen LogP contribution >= 0.6 is 0 Å². The zero-order valence-corrected chi connectivity index (χ0v) is 12.2. The van der Waals surface area contributed by atoms with Crippen molar-refractivity contribution in [1.29, 1.82) is 0 Å². The largest absolute Gasteiger partial charge is 0.479 e. The minimum absolute atomic E-state index is 0.0305. The van der Waals surface area contributed by atoms with Gasteiger partial charge in [-0.05, 0) is 45.7 Å². The third-order valence-corrected chi connectivity index (χ3v) is 4.12. The quantitative estimate of drug-likeness (QED) is 0.810. The van der Waals surface area contributed by atoms with Crippen molar-refractivity contribution in [1.82, 2.24) is 9.80 Å². The van der Waals surface area contributed by atoms with Gasteiger partial charge in [0.25, 0.3) is 5.91 Å². The lowest BCUT2D eigenvalue weighted by molar-refractivity contribution is -0.155. The molecule has 1 amide bonds. The monoisotopic (exact) mass is 284 g/mol. The molecule has 0 spiro atoms. The van der Waals surface area contributed by atoms with Gasteiger partial charge >= 0.3 is 5.97 Å². The second kappa shape index (κ2) is 6.54. The molecule has 2 fully saturated rings. The molecule has 1 N–H and O–H groups in total. The van der Waals surface area contributed by atoms with Crippen LogP contribution in [0.1, 0.15) is 25.7 Å². The standard InChI is InChI=1S/C14H24N2O4/c1-15(2)9-10-5-7-16(8-6-10)13(17)11-3-4-12(20-11)14(18)19/h10-12H,3-9H2,1-2H3,(H,18,19)/t11-,12+/m0/s1. The number of nitrogens with zero attached hydrogens (tertiary/aromatic N) is 2. The molecule has 2 aliphatic heterocycles. The maximum atomic E-state index is 12.3. The van der Waals surface area contributed by atoms with Crippen molar-refractivity contribution >= 4 is 11.9 Å². The number of piperidine rings is 1. The summed E-state index contributed by atoms with van der Waals surface area (Å²) < 4.78 is 5.33. The second-order valence-electron chi connectivity index (χ2n) is 6.06. The fraction of sp³-hybridized carbons (Fsp3) is 0.857. The van der Waals surface area contributed by atoms with E-state index < -0.39 is 18.2 Å². The Bertz CT molecular complexity index is 364. The fourth-order valence-corrected chi connectivity index (χ4v) is 3.06. The Morgan fingerprint density at radius 2 is 1.75 bits per heavy atom. The SMILES string of the molecule is CN(C)CC1CCN(C(=O)[C@@H]2CC[C@H](C(=O)O)O2)CC1. The molecule has 0 radical (unpaired) electrons. The van der Waals surface area contributed by atoms with Crippen LogP contribution in [0.3, 0.4) is 0 Å². The molecule has 114 valence electrons. The van der Waals surface area contributed by atoms with Crippen molar-refractivity contribution in [2.45, 2.75) is 37.9 Å². The predicted octanol–water partition coefficient (Wildman–Crippen LogP) is 0.419. The zero-order chi connectivity index (χ0) is 14.7. The fourth-order valence-electron chi connectivity index (χ4n) is 3.06. The van der Waals surface area contributed by atoms with Crippen LogP contribution in [0.25, 0.3) is 0 Å². The Balaban J connectivity index is 1.79. The molecule has 0 aromatic carbocycles. The van der Waals surface area contributed by atoms with E-state index in [1.54, 1.807) is 0 Å². The van der Waals surface area contributed by atoms with E-state index in [1.807, 2.05) is 4.90 Å². The number of ether oxygens (including phenoxy) is 1. The lowest BCUT2D eigenvalue weighted by Gasteiger charge is -2.34. The van der Waals surface area contributed by atoms with Crippen molar-refractivity contribution in [2.24, 2.45) is 5.92 Å². The van der Waals surface area contributed by atoms with Gasteiger partial charge in [-0.2, -0.15) is 0 Å². The number of rotatable bonds is 4. The van der Waals surface area contributed by atoms with Gasteiger partial charge in [-0.25, -0.2) is 4.79 Å². The number of carbonyl (C=O) groups excluding carboxylic acids is 1. The number of carboxylic acid groups (broad SMARTS) is 1. The smallest absolute Gasteiger partial charge is 0.332 e. The molecule has 0 aromatic heterocycles. The molecule has 2 atom stereocenters. The van der Waals surface area contributed by atoms with Gasteiger partial charge in [0.05, 0.1) is 0 Å². The molecule has 0 bridgehead atoms. The van der Waals surface area contributed by atoms with Gasteiger partial charge in [-0.3, -0.25) is 4.79 Å². The summed E-state index contributed by atoms with van der Waals surface area (Å²) in [5.74, 6) is -0.354. The molecule has 20 heavy (non-hydrogen) atoms. The summed E-state index contributed by atoms with van der Waals surface area (Å²) >= 11 is 0. The molecule has 2 heterocycles. The average Bonchev–Trinajstić information content (AvgIpc) is 2.88. The van der Waals surface area contributed by atoms with Gasteiger partial charge in [0.1, 0.15) is 6.10 Å². The summed E-state index contributed by atoms with van der Waals surface area (Å²) in [6, 6.07) is 0.